The van der Waals surface area contributed by atoms with Gasteiger partial charge in [-0.05, 0) is 24.6 Å². The zero-order chi connectivity index (χ0) is 16.0. The average Bonchev–Trinajstić information content (AvgIpc) is 2.42. The van der Waals surface area contributed by atoms with Crippen LogP contribution < -0.4 is 4.74 Å². The smallest absolute Gasteiger partial charge is 0.340 e. The fourth-order valence-electron chi connectivity index (χ4n) is 1.71. The molecule has 6 nitrogen and oxygen atoms in total. The molecular weight excluding hydrogens is 276 g/mol. The molecule has 2 atom stereocenters. The van der Waals surface area contributed by atoms with Gasteiger partial charge in [0.25, 0.3) is 0 Å². The number of methoxy groups -OCH3 is 1. The van der Waals surface area contributed by atoms with E-state index < -0.39 is 24.1 Å². The highest BCUT2D eigenvalue weighted by Crippen LogP contribution is 2.20. The summed E-state index contributed by atoms with van der Waals surface area (Å²) in [5.74, 6) is -2.69. The number of carbonyl (C=O) groups is 2. The van der Waals surface area contributed by atoms with Gasteiger partial charge >= 0.3 is 11.9 Å². The van der Waals surface area contributed by atoms with Crippen LogP contribution in [0, 0.1) is 12.8 Å². The molecule has 0 spiro atoms. The van der Waals surface area contributed by atoms with Crippen molar-refractivity contribution in [1.29, 1.82) is 0 Å². The number of carboxylic acids is 1. The predicted octanol–water partition coefficient (Wildman–Crippen LogP) is 1.51. The standard InChI is InChI=1S/C15H18O6/c1-9-5-4-6-11(7-9)21-15(19)12(8-13(16)17)10(2)14(18)20-3/h4-8,10,14,18H,1-3H3,(H,16,17)/b12-8-. The zero-order valence-corrected chi connectivity index (χ0v) is 12.1. The molecule has 0 aromatic heterocycles. The normalized spacial score (nSPS) is 14.4. The Kier molecular flexibility index (Phi) is 6.08. The van der Waals surface area contributed by atoms with Gasteiger partial charge in [-0.1, -0.05) is 19.1 Å². The lowest BCUT2D eigenvalue weighted by Crippen LogP contribution is -2.28. The molecule has 0 fully saturated rings. The first-order chi connectivity index (χ1) is 9.85. The van der Waals surface area contributed by atoms with E-state index in [4.69, 9.17) is 14.6 Å². The number of carboxylic acid groups (broad SMARTS) is 1. The van der Waals surface area contributed by atoms with E-state index in [1.54, 1.807) is 18.2 Å². The van der Waals surface area contributed by atoms with Crippen LogP contribution in [-0.2, 0) is 14.3 Å². The van der Waals surface area contributed by atoms with Crippen LogP contribution in [0.3, 0.4) is 0 Å². The molecule has 0 radical (unpaired) electrons. The van der Waals surface area contributed by atoms with Gasteiger partial charge in [-0.3, -0.25) is 0 Å². The topological polar surface area (TPSA) is 93.1 Å². The van der Waals surface area contributed by atoms with Crippen molar-refractivity contribution in [2.24, 2.45) is 5.92 Å². The Morgan fingerprint density at radius 3 is 2.52 bits per heavy atom. The second kappa shape index (κ2) is 7.56. The number of carbonyl (C=O) groups excluding carboxylic acids is 1. The zero-order valence-electron chi connectivity index (χ0n) is 12.1. The van der Waals surface area contributed by atoms with Crippen LogP contribution in [0.25, 0.3) is 0 Å². The lowest BCUT2D eigenvalue weighted by molar-refractivity contribution is -0.137. The van der Waals surface area contributed by atoms with Gasteiger partial charge in [-0.25, -0.2) is 9.59 Å². The minimum atomic E-state index is -1.30. The second-order valence-electron chi connectivity index (χ2n) is 4.56. The van der Waals surface area contributed by atoms with Gasteiger partial charge in [0.1, 0.15) is 5.75 Å². The van der Waals surface area contributed by atoms with Crippen molar-refractivity contribution in [1.82, 2.24) is 0 Å². The minimum Gasteiger partial charge on any atom is -0.478 e. The van der Waals surface area contributed by atoms with Gasteiger partial charge in [0.2, 0.25) is 0 Å². The number of benzene rings is 1. The summed E-state index contributed by atoms with van der Waals surface area (Å²) in [5.41, 5.74) is 0.715. The molecule has 2 N–H and O–H groups in total. The first-order valence-corrected chi connectivity index (χ1v) is 6.29. The highest BCUT2D eigenvalue weighted by Gasteiger charge is 2.26. The highest BCUT2D eigenvalue weighted by molar-refractivity contribution is 5.97. The van der Waals surface area contributed by atoms with Crippen molar-refractivity contribution in [2.75, 3.05) is 7.11 Å². The van der Waals surface area contributed by atoms with E-state index in [0.717, 1.165) is 5.56 Å². The molecule has 0 aliphatic rings. The van der Waals surface area contributed by atoms with Crippen molar-refractivity contribution >= 4 is 11.9 Å². The lowest BCUT2D eigenvalue weighted by Gasteiger charge is -2.19. The molecule has 0 saturated heterocycles. The molecule has 0 heterocycles. The Morgan fingerprint density at radius 1 is 1.33 bits per heavy atom. The molecule has 0 saturated carbocycles. The number of ether oxygens (including phenoxy) is 2. The summed E-state index contributed by atoms with van der Waals surface area (Å²) in [6.07, 6.45) is -0.592. The number of hydrogen-bond donors (Lipinski definition) is 2. The van der Waals surface area contributed by atoms with E-state index in [0.29, 0.717) is 11.8 Å². The Bertz CT molecular complexity index is 549. The summed E-state index contributed by atoms with van der Waals surface area (Å²) in [7, 11) is 1.26. The van der Waals surface area contributed by atoms with Crippen LogP contribution >= 0.6 is 0 Å². The van der Waals surface area contributed by atoms with Crippen LogP contribution in [0.5, 0.6) is 5.75 Å². The minimum absolute atomic E-state index is 0.182. The molecule has 6 heteroatoms. The number of aliphatic carboxylic acids is 1. The molecule has 21 heavy (non-hydrogen) atoms. The summed E-state index contributed by atoms with van der Waals surface area (Å²) >= 11 is 0. The summed E-state index contributed by atoms with van der Waals surface area (Å²) in [6.45, 7) is 3.31. The number of rotatable bonds is 6. The molecule has 0 bridgehead atoms. The third-order valence-corrected chi connectivity index (χ3v) is 2.87. The first-order valence-electron chi connectivity index (χ1n) is 6.29. The van der Waals surface area contributed by atoms with Crippen molar-refractivity contribution in [3.63, 3.8) is 0 Å². The molecule has 114 valence electrons. The molecule has 0 aliphatic heterocycles. The van der Waals surface area contributed by atoms with Gasteiger partial charge < -0.3 is 19.7 Å². The van der Waals surface area contributed by atoms with Crippen LogP contribution in [-0.4, -0.2) is 35.6 Å². The maximum absolute atomic E-state index is 12.1. The highest BCUT2D eigenvalue weighted by atomic mass is 16.6. The summed E-state index contributed by atoms with van der Waals surface area (Å²) in [5, 5.41) is 18.4. The van der Waals surface area contributed by atoms with Crippen LogP contribution in [0.2, 0.25) is 0 Å². The monoisotopic (exact) mass is 294 g/mol. The van der Waals surface area contributed by atoms with E-state index in [9.17, 15) is 14.7 Å². The van der Waals surface area contributed by atoms with Gasteiger partial charge in [0.05, 0.1) is 5.57 Å². The molecule has 0 amide bonds. The van der Waals surface area contributed by atoms with Gasteiger partial charge in [0, 0.05) is 19.1 Å². The maximum Gasteiger partial charge on any atom is 0.340 e. The van der Waals surface area contributed by atoms with Gasteiger partial charge in [-0.2, -0.15) is 0 Å². The molecule has 1 aromatic carbocycles. The average molecular weight is 294 g/mol. The molecule has 1 rings (SSSR count). The first kappa shape index (κ1) is 16.9. The predicted molar refractivity (Wildman–Crippen MR) is 74.7 cm³/mol. The van der Waals surface area contributed by atoms with Crippen molar-refractivity contribution in [2.45, 2.75) is 20.1 Å². The Balaban J connectivity index is 2.99. The fourth-order valence-corrected chi connectivity index (χ4v) is 1.71. The fraction of sp³-hybridized carbons (Fsp3) is 0.333. The van der Waals surface area contributed by atoms with E-state index >= 15 is 0 Å². The van der Waals surface area contributed by atoms with Crippen molar-refractivity contribution in [3.05, 3.63) is 41.5 Å². The van der Waals surface area contributed by atoms with E-state index in [-0.39, 0.29) is 5.57 Å². The number of aliphatic hydroxyl groups excluding tert-OH is 1. The molecule has 0 aliphatic carbocycles. The lowest BCUT2D eigenvalue weighted by atomic mass is 10.00. The number of hydrogen-bond acceptors (Lipinski definition) is 5. The molecule has 1 aromatic rings. The molecule has 2 unspecified atom stereocenters. The SMILES string of the molecule is COC(O)C(C)/C(=C/C(=O)O)C(=O)Oc1cccc(C)c1. The second-order valence-corrected chi connectivity index (χ2v) is 4.56. The number of aliphatic hydroxyl groups is 1. The van der Waals surface area contributed by atoms with Gasteiger partial charge in [0.15, 0.2) is 6.29 Å². The van der Waals surface area contributed by atoms with Crippen LogP contribution in [0.1, 0.15) is 12.5 Å². The van der Waals surface area contributed by atoms with E-state index in [2.05, 4.69) is 0 Å². The van der Waals surface area contributed by atoms with Crippen LogP contribution in [0.4, 0.5) is 0 Å². The van der Waals surface area contributed by atoms with Gasteiger partial charge in [-0.15, -0.1) is 0 Å². The largest absolute Gasteiger partial charge is 0.478 e. The molecular formula is C15H18O6. The quantitative estimate of drug-likeness (QED) is 0.357. The summed E-state index contributed by atoms with van der Waals surface area (Å²) in [6, 6.07) is 6.78. The third-order valence-electron chi connectivity index (χ3n) is 2.87. The Labute approximate surface area is 122 Å². The summed E-state index contributed by atoms with van der Waals surface area (Å²) < 4.78 is 9.84. The van der Waals surface area contributed by atoms with Crippen LogP contribution in [0.15, 0.2) is 35.9 Å². The third kappa shape index (κ3) is 5.02. The van der Waals surface area contributed by atoms with Crippen molar-refractivity contribution < 1.29 is 29.3 Å². The van der Waals surface area contributed by atoms with E-state index in [1.165, 1.54) is 14.0 Å². The Hall–Kier alpha value is -2.18. The summed E-state index contributed by atoms with van der Waals surface area (Å²) in [4.78, 5) is 22.9. The Morgan fingerprint density at radius 2 is 2.00 bits per heavy atom. The number of esters is 1. The van der Waals surface area contributed by atoms with E-state index in [1.807, 2.05) is 13.0 Å². The number of aryl methyl sites for hydroxylation is 1. The van der Waals surface area contributed by atoms with Crippen molar-refractivity contribution in [3.8, 4) is 5.75 Å². The maximum atomic E-state index is 12.1.